The summed E-state index contributed by atoms with van der Waals surface area (Å²) < 4.78 is 28.1. The van der Waals surface area contributed by atoms with Gasteiger partial charge in [0.15, 0.2) is 0 Å². The second-order valence-corrected chi connectivity index (χ2v) is 7.25. The van der Waals surface area contributed by atoms with Crippen molar-refractivity contribution in [2.45, 2.75) is 23.9 Å². The van der Waals surface area contributed by atoms with Crippen LogP contribution in [0.25, 0.3) is 5.69 Å². The molecule has 1 aromatic heterocycles. The van der Waals surface area contributed by atoms with E-state index in [1.54, 1.807) is 38.2 Å². The number of hydrogen-bond acceptors (Lipinski definition) is 5. The van der Waals surface area contributed by atoms with E-state index in [4.69, 9.17) is 0 Å². The quantitative estimate of drug-likeness (QED) is 0.606. The maximum atomic E-state index is 13.4. The van der Waals surface area contributed by atoms with Gasteiger partial charge < -0.3 is 4.90 Å². The first-order chi connectivity index (χ1) is 12.9. The fourth-order valence-corrected chi connectivity index (χ4v) is 3.45. The Bertz CT molecular complexity index is 949. The van der Waals surface area contributed by atoms with E-state index in [1.165, 1.54) is 45.6 Å². The van der Waals surface area contributed by atoms with Crippen molar-refractivity contribution in [2.75, 3.05) is 7.05 Å². The van der Waals surface area contributed by atoms with E-state index in [0.717, 1.165) is 0 Å². The molecular weight excluding hydrogens is 372 g/mol. The van der Waals surface area contributed by atoms with Gasteiger partial charge in [-0.2, -0.15) is 4.68 Å². The lowest BCUT2D eigenvalue weighted by atomic mass is 10.2. The lowest BCUT2D eigenvalue weighted by Crippen LogP contribution is -2.33. The van der Waals surface area contributed by atoms with Crippen LogP contribution in [0.1, 0.15) is 12.5 Å². The highest BCUT2D eigenvalue weighted by Crippen LogP contribution is 2.24. The second-order valence-electron chi connectivity index (χ2n) is 5.94. The molecule has 1 atom stereocenters. The number of hydrogen-bond donors (Lipinski definition) is 0. The zero-order valence-corrected chi connectivity index (χ0v) is 15.5. The minimum Gasteiger partial charge on any atom is -0.340 e. The first-order valence-corrected chi connectivity index (χ1v) is 9.02. The largest absolute Gasteiger partial charge is 0.340 e. The highest BCUT2D eigenvalue weighted by atomic mass is 32.2. The smallest absolute Gasteiger partial charge is 0.235 e. The van der Waals surface area contributed by atoms with Crippen LogP contribution < -0.4 is 0 Å². The lowest BCUT2D eigenvalue weighted by molar-refractivity contribution is -0.129. The zero-order valence-electron chi connectivity index (χ0n) is 14.7. The number of tetrazole rings is 1. The fraction of sp³-hybridized carbons (Fsp3) is 0.222. The monoisotopic (exact) mass is 389 g/mol. The van der Waals surface area contributed by atoms with E-state index >= 15 is 0 Å². The summed E-state index contributed by atoms with van der Waals surface area (Å²) >= 11 is 1.17. The average Bonchev–Trinajstić information content (AvgIpc) is 3.09. The lowest BCUT2D eigenvalue weighted by Gasteiger charge is -2.21. The fourth-order valence-electron chi connectivity index (χ4n) is 2.53. The van der Waals surface area contributed by atoms with Crippen molar-refractivity contribution in [1.29, 1.82) is 0 Å². The van der Waals surface area contributed by atoms with Crippen molar-refractivity contribution in [2.24, 2.45) is 0 Å². The summed E-state index contributed by atoms with van der Waals surface area (Å²) in [6.07, 6.45) is 0. The van der Waals surface area contributed by atoms with E-state index in [1.807, 2.05) is 0 Å². The second kappa shape index (κ2) is 8.26. The van der Waals surface area contributed by atoms with E-state index < -0.39 is 11.1 Å². The number of rotatable bonds is 6. The Kier molecular flexibility index (Phi) is 5.80. The van der Waals surface area contributed by atoms with Crippen LogP contribution in [0, 0.1) is 11.6 Å². The van der Waals surface area contributed by atoms with Gasteiger partial charge in [-0.1, -0.05) is 30.0 Å². The molecule has 140 valence electrons. The van der Waals surface area contributed by atoms with Crippen LogP contribution in [-0.4, -0.2) is 43.3 Å². The molecule has 0 aliphatic carbocycles. The van der Waals surface area contributed by atoms with Gasteiger partial charge in [-0.3, -0.25) is 4.79 Å². The average molecular weight is 389 g/mol. The van der Waals surface area contributed by atoms with Gasteiger partial charge in [-0.25, -0.2) is 8.78 Å². The predicted molar refractivity (Wildman–Crippen MR) is 97.3 cm³/mol. The molecule has 0 bridgehead atoms. The maximum absolute atomic E-state index is 13.4. The molecule has 1 amide bonds. The summed E-state index contributed by atoms with van der Waals surface area (Å²) in [4.78, 5) is 14.2. The molecule has 2 aromatic carbocycles. The van der Waals surface area contributed by atoms with Crippen LogP contribution in [-0.2, 0) is 11.3 Å². The molecule has 1 unspecified atom stereocenters. The summed E-state index contributed by atoms with van der Waals surface area (Å²) in [6.45, 7) is 2.02. The van der Waals surface area contributed by atoms with E-state index in [2.05, 4.69) is 15.5 Å². The third-order valence-electron chi connectivity index (χ3n) is 3.81. The van der Waals surface area contributed by atoms with Gasteiger partial charge in [-0.05, 0) is 53.2 Å². The van der Waals surface area contributed by atoms with Gasteiger partial charge in [0.2, 0.25) is 11.1 Å². The first kappa shape index (κ1) is 19.0. The third kappa shape index (κ3) is 4.68. The number of amides is 1. The van der Waals surface area contributed by atoms with E-state index in [0.29, 0.717) is 16.4 Å². The van der Waals surface area contributed by atoms with Crippen molar-refractivity contribution >= 4 is 17.7 Å². The van der Waals surface area contributed by atoms with Crippen molar-refractivity contribution in [1.82, 2.24) is 25.1 Å². The Morgan fingerprint density at radius 2 is 1.89 bits per heavy atom. The summed E-state index contributed by atoms with van der Waals surface area (Å²) in [5.41, 5.74) is 1.17. The molecule has 9 heteroatoms. The minimum atomic E-state index is -0.484. The van der Waals surface area contributed by atoms with Gasteiger partial charge in [-0.15, -0.1) is 5.10 Å². The Labute approximate surface area is 159 Å². The summed E-state index contributed by atoms with van der Waals surface area (Å²) in [5.74, 6) is -0.902. The van der Waals surface area contributed by atoms with Crippen LogP contribution in [0.5, 0.6) is 0 Å². The molecule has 0 aliphatic heterocycles. The van der Waals surface area contributed by atoms with Gasteiger partial charge in [0.05, 0.1) is 10.9 Å². The molecule has 3 rings (SSSR count). The molecule has 0 aliphatic rings. The van der Waals surface area contributed by atoms with Gasteiger partial charge in [0, 0.05) is 13.6 Å². The molecule has 0 radical (unpaired) electrons. The molecule has 0 saturated heterocycles. The summed E-state index contributed by atoms with van der Waals surface area (Å²) in [5, 5.41) is 11.3. The molecule has 27 heavy (non-hydrogen) atoms. The zero-order chi connectivity index (χ0) is 19.4. The number of benzene rings is 2. The summed E-state index contributed by atoms with van der Waals surface area (Å²) in [7, 11) is 1.65. The third-order valence-corrected chi connectivity index (χ3v) is 4.83. The molecule has 0 spiro atoms. The normalized spacial score (nSPS) is 12.0. The Morgan fingerprint density at radius 3 is 2.59 bits per heavy atom. The van der Waals surface area contributed by atoms with Crippen molar-refractivity contribution in [3.8, 4) is 5.69 Å². The first-order valence-electron chi connectivity index (χ1n) is 8.14. The van der Waals surface area contributed by atoms with Crippen molar-refractivity contribution in [3.05, 3.63) is 65.7 Å². The number of aromatic nitrogens is 4. The predicted octanol–water partition coefficient (Wildman–Crippen LogP) is 3.08. The Morgan fingerprint density at radius 1 is 1.19 bits per heavy atom. The van der Waals surface area contributed by atoms with Gasteiger partial charge in [0.25, 0.3) is 0 Å². The number of carbonyl (C=O) groups is 1. The number of thioether (sulfide) groups is 1. The highest BCUT2D eigenvalue weighted by molar-refractivity contribution is 8.00. The van der Waals surface area contributed by atoms with E-state index in [-0.39, 0.29) is 18.3 Å². The van der Waals surface area contributed by atoms with Crippen LogP contribution in [0.2, 0.25) is 0 Å². The topological polar surface area (TPSA) is 63.9 Å². The molecule has 1 heterocycles. The maximum Gasteiger partial charge on any atom is 0.235 e. The Hall–Kier alpha value is -2.81. The minimum absolute atomic E-state index is 0.155. The van der Waals surface area contributed by atoms with Crippen molar-refractivity contribution < 1.29 is 13.6 Å². The molecule has 6 nitrogen and oxygen atoms in total. The molecule has 0 fully saturated rings. The Balaban J connectivity index is 1.69. The standard InChI is InChI=1S/C18H17F2N5OS/c1-12(17(26)24(2)11-13-5-3-6-14(19)9-13)27-18-21-22-23-25(18)16-8-4-7-15(20)10-16/h3-10,12H,11H2,1-2H3. The molecule has 3 aromatic rings. The van der Waals surface area contributed by atoms with Crippen LogP contribution in [0.3, 0.4) is 0 Å². The van der Waals surface area contributed by atoms with Gasteiger partial charge in [0.1, 0.15) is 11.6 Å². The van der Waals surface area contributed by atoms with Crippen LogP contribution >= 0.6 is 11.8 Å². The van der Waals surface area contributed by atoms with Gasteiger partial charge >= 0.3 is 0 Å². The highest BCUT2D eigenvalue weighted by Gasteiger charge is 2.22. The van der Waals surface area contributed by atoms with Crippen LogP contribution in [0.4, 0.5) is 8.78 Å². The number of halogens is 2. The van der Waals surface area contributed by atoms with E-state index in [9.17, 15) is 13.6 Å². The van der Waals surface area contributed by atoms with Crippen LogP contribution in [0.15, 0.2) is 53.7 Å². The van der Waals surface area contributed by atoms with Crippen molar-refractivity contribution in [3.63, 3.8) is 0 Å². The number of carbonyl (C=O) groups excluding carboxylic acids is 1. The SMILES string of the molecule is CC(Sc1nnnn1-c1cccc(F)c1)C(=O)N(C)Cc1cccc(F)c1. The molecule has 0 saturated carbocycles. The number of nitrogens with zero attached hydrogens (tertiary/aromatic N) is 5. The summed E-state index contributed by atoms with van der Waals surface area (Å²) in [6, 6.07) is 12.0. The molecule has 0 N–H and O–H groups in total. The molecular formula is C18H17F2N5OS.